The number of aromatic nitrogens is 2. The van der Waals surface area contributed by atoms with Gasteiger partial charge >= 0.3 is 0 Å². The minimum Gasteiger partial charge on any atom is -0.508 e. The smallest absolute Gasteiger partial charge is 0.261 e. The number of rotatable bonds is 3. The van der Waals surface area contributed by atoms with Gasteiger partial charge in [-0.2, -0.15) is 4.98 Å². The number of nitrogens with zero attached hydrogens (tertiary/aromatic N) is 3. The Kier molecular flexibility index (Phi) is 5.01. The standard InChI is InChI=1S/C24H24N4O8/c1-8-26-23(36-27-8)12-7-13(28(2)3)11-5-9-4-10-6-14(29)17(22(25)34)21(33)24(10,35)20(32)15(9)19(31)16(11)18(12)30/h7,9-10,30-31,33,35H,4-6H2,1-3H3,(H2,25,34)/t9-,10+,24+/m1/s1. The summed E-state index contributed by atoms with van der Waals surface area (Å²) >= 11 is 0. The molecular weight excluding hydrogens is 472 g/mol. The van der Waals surface area contributed by atoms with Crippen molar-refractivity contribution in [3.8, 4) is 17.2 Å². The number of aromatic hydroxyl groups is 1. The first-order chi connectivity index (χ1) is 16.9. The predicted molar refractivity (Wildman–Crippen MR) is 124 cm³/mol. The minimum atomic E-state index is -2.61. The number of ketones is 2. The summed E-state index contributed by atoms with van der Waals surface area (Å²) in [5, 5.41) is 48.3. The van der Waals surface area contributed by atoms with Crippen LogP contribution >= 0.6 is 0 Å². The number of aliphatic hydroxyl groups is 3. The number of Topliss-reactive ketones (excluding diaryl/α,β-unsaturated/α-hetero) is 2. The summed E-state index contributed by atoms with van der Waals surface area (Å²) in [5.41, 5.74) is 2.80. The van der Waals surface area contributed by atoms with E-state index >= 15 is 0 Å². The van der Waals surface area contributed by atoms with Gasteiger partial charge in [0.25, 0.3) is 11.8 Å². The Balaban J connectivity index is 1.75. The average molecular weight is 496 g/mol. The molecule has 12 nitrogen and oxygen atoms in total. The molecule has 1 heterocycles. The number of fused-ring (bicyclic) bond motifs is 3. The highest BCUT2D eigenvalue weighted by Gasteiger charge is 2.60. The van der Waals surface area contributed by atoms with Gasteiger partial charge < -0.3 is 35.6 Å². The second-order valence-electron chi connectivity index (χ2n) is 9.59. The van der Waals surface area contributed by atoms with E-state index in [4.69, 9.17) is 10.3 Å². The molecule has 0 bridgehead atoms. The highest BCUT2D eigenvalue weighted by molar-refractivity contribution is 6.22. The number of aryl methyl sites for hydroxylation is 1. The lowest BCUT2D eigenvalue weighted by Crippen LogP contribution is -2.58. The second kappa shape index (κ2) is 7.65. The molecule has 12 heteroatoms. The number of anilines is 1. The maximum Gasteiger partial charge on any atom is 0.261 e. The maximum atomic E-state index is 13.7. The number of amides is 1. The summed E-state index contributed by atoms with van der Waals surface area (Å²) in [5.74, 6) is -6.50. The first kappa shape index (κ1) is 23.5. The van der Waals surface area contributed by atoms with Crippen molar-refractivity contribution in [1.82, 2.24) is 10.1 Å². The minimum absolute atomic E-state index is 0.00181. The van der Waals surface area contributed by atoms with Gasteiger partial charge in [0.2, 0.25) is 5.78 Å². The molecule has 0 aliphatic heterocycles. The van der Waals surface area contributed by atoms with E-state index in [9.17, 15) is 34.8 Å². The molecule has 1 aromatic carbocycles. The molecule has 6 N–H and O–H groups in total. The van der Waals surface area contributed by atoms with Crippen molar-refractivity contribution >= 4 is 28.9 Å². The van der Waals surface area contributed by atoms with E-state index < -0.39 is 57.8 Å². The highest BCUT2D eigenvalue weighted by Crippen LogP contribution is 2.54. The Bertz CT molecular complexity index is 1440. The van der Waals surface area contributed by atoms with E-state index in [1.165, 1.54) is 0 Å². The van der Waals surface area contributed by atoms with Crippen LogP contribution in [0.3, 0.4) is 0 Å². The van der Waals surface area contributed by atoms with Gasteiger partial charge in [-0.05, 0) is 37.3 Å². The molecule has 188 valence electrons. The van der Waals surface area contributed by atoms with Gasteiger partial charge in [-0.25, -0.2) is 0 Å². The molecule has 0 spiro atoms. The molecule has 3 aliphatic carbocycles. The zero-order valence-electron chi connectivity index (χ0n) is 19.7. The lowest BCUT2D eigenvalue weighted by atomic mass is 9.59. The molecule has 2 aromatic rings. The molecule has 0 saturated heterocycles. The van der Waals surface area contributed by atoms with Crippen LogP contribution in [-0.4, -0.2) is 67.7 Å². The topological polar surface area (TPSA) is 200 Å². The zero-order valence-corrected chi connectivity index (χ0v) is 19.7. The Labute approximate surface area is 204 Å². The first-order valence-electron chi connectivity index (χ1n) is 11.2. The van der Waals surface area contributed by atoms with Crippen LogP contribution in [0.4, 0.5) is 5.69 Å². The van der Waals surface area contributed by atoms with Gasteiger partial charge in [0.05, 0.1) is 11.1 Å². The first-order valence-corrected chi connectivity index (χ1v) is 11.2. The van der Waals surface area contributed by atoms with Crippen molar-refractivity contribution in [2.45, 2.75) is 31.8 Å². The molecule has 5 rings (SSSR count). The van der Waals surface area contributed by atoms with Gasteiger partial charge in [0.15, 0.2) is 17.2 Å². The van der Waals surface area contributed by atoms with Crippen molar-refractivity contribution in [2.75, 3.05) is 19.0 Å². The zero-order chi connectivity index (χ0) is 26.3. The SMILES string of the molecule is Cc1noc(-c2cc(N(C)C)c3c(c2O)C(O)=C2C(=O)[C@]4(O)C(O)=C(C(N)=O)C(=O)C[C@@H]4C[C@@H]2C3)n1. The largest absolute Gasteiger partial charge is 0.508 e. The van der Waals surface area contributed by atoms with Gasteiger partial charge in [-0.1, -0.05) is 5.16 Å². The summed E-state index contributed by atoms with van der Waals surface area (Å²) in [4.78, 5) is 43.8. The molecule has 1 saturated carbocycles. The molecule has 0 radical (unpaired) electrons. The molecule has 1 aromatic heterocycles. The summed E-state index contributed by atoms with van der Waals surface area (Å²) in [6, 6.07) is 1.64. The number of nitrogens with two attached hydrogens (primary N) is 1. The summed E-state index contributed by atoms with van der Waals surface area (Å²) < 4.78 is 5.21. The van der Waals surface area contributed by atoms with Crippen LogP contribution < -0.4 is 10.6 Å². The maximum absolute atomic E-state index is 13.7. The Hall–Kier alpha value is -4.19. The van der Waals surface area contributed by atoms with E-state index in [0.29, 0.717) is 17.1 Å². The molecule has 1 amide bonds. The number of phenolic OH excluding ortho intramolecular Hbond substituents is 1. The van der Waals surface area contributed by atoms with Gasteiger partial charge in [-0.3, -0.25) is 14.4 Å². The van der Waals surface area contributed by atoms with Crippen LogP contribution in [0, 0.1) is 18.8 Å². The number of carbonyl (C=O) groups excluding carboxylic acids is 3. The molecule has 3 atom stereocenters. The second-order valence-corrected chi connectivity index (χ2v) is 9.59. The van der Waals surface area contributed by atoms with E-state index in [0.717, 1.165) is 0 Å². The van der Waals surface area contributed by atoms with Crippen molar-refractivity contribution in [2.24, 2.45) is 17.6 Å². The van der Waals surface area contributed by atoms with E-state index in [2.05, 4.69) is 10.1 Å². The molecule has 36 heavy (non-hydrogen) atoms. The number of aliphatic hydroxyl groups excluding tert-OH is 2. The lowest BCUT2D eigenvalue weighted by molar-refractivity contribution is -0.147. The Morgan fingerprint density at radius 1 is 1.22 bits per heavy atom. The fourth-order valence-electron chi connectivity index (χ4n) is 5.64. The molecule has 1 fully saturated rings. The fraction of sp³-hybridized carbons (Fsp3) is 0.375. The number of primary amides is 1. The fourth-order valence-corrected chi connectivity index (χ4v) is 5.64. The van der Waals surface area contributed by atoms with Crippen LogP contribution in [0.2, 0.25) is 0 Å². The Morgan fingerprint density at radius 3 is 2.50 bits per heavy atom. The third-order valence-corrected chi connectivity index (χ3v) is 7.28. The van der Waals surface area contributed by atoms with Gasteiger partial charge in [-0.15, -0.1) is 0 Å². The Morgan fingerprint density at radius 2 is 1.92 bits per heavy atom. The average Bonchev–Trinajstić information content (AvgIpc) is 3.21. The third kappa shape index (κ3) is 3.00. The quantitative estimate of drug-likeness (QED) is 0.377. The van der Waals surface area contributed by atoms with E-state index in [-0.39, 0.29) is 41.9 Å². The van der Waals surface area contributed by atoms with Crippen LogP contribution in [-0.2, 0) is 20.8 Å². The van der Waals surface area contributed by atoms with Crippen molar-refractivity contribution < 1.29 is 39.3 Å². The number of hydrogen-bond acceptors (Lipinski definition) is 11. The van der Waals surface area contributed by atoms with Gasteiger partial charge in [0, 0.05) is 37.7 Å². The number of benzene rings is 1. The van der Waals surface area contributed by atoms with E-state index in [1.807, 2.05) is 0 Å². The predicted octanol–water partition coefficient (Wildman–Crippen LogP) is 0.848. The van der Waals surface area contributed by atoms with Crippen molar-refractivity contribution in [1.29, 1.82) is 0 Å². The monoisotopic (exact) mass is 496 g/mol. The van der Waals surface area contributed by atoms with Crippen molar-refractivity contribution in [3.05, 3.63) is 39.9 Å². The van der Waals surface area contributed by atoms with Crippen molar-refractivity contribution in [3.63, 3.8) is 0 Å². The molecule has 0 unspecified atom stereocenters. The van der Waals surface area contributed by atoms with Crippen LogP contribution in [0.15, 0.2) is 27.5 Å². The van der Waals surface area contributed by atoms with Crippen LogP contribution in [0.25, 0.3) is 17.2 Å². The number of phenols is 1. The number of carbonyl (C=O) groups is 3. The van der Waals surface area contributed by atoms with Crippen LogP contribution in [0.5, 0.6) is 5.75 Å². The highest BCUT2D eigenvalue weighted by atomic mass is 16.5. The number of hydrogen-bond donors (Lipinski definition) is 5. The molecule has 3 aliphatic rings. The summed E-state index contributed by atoms with van der Waals surface area (Å²) in [6.07, 6.45) is -0.122. The third-order valence-electron chi connectivity index (χ3n) is 7.28. The van der Waals surface area contributed by atoms with Crippen LogP contribution in [0.1, 0.15) is 29.8 Å². The summed E-state index contributed by atoms with van der Waals surface area (Å²) in [7, 11) is 3.54. The summed E-state index contributed by atoms with van der Waals surface area (Å²) in [6.45, 7) is 1.60. The molecular formula is C24H24N4O8. The lowest BCUT2D eigenvalue weighted by Gasteiger charge is -2.46. The van der Waals surface area contributed by atoms with Gasteiger partial charge in [0.1, 0.15) is 22.8 Å². The normalized spacial score (nSPS) is 25.4. The van der Waals surface area contributed by atoms with E-state index in [1.54, 1.807) is 32.0 Å².